The van der Waals surface area contributed by atoms with Crippen molar-refractivity contribution in [1.29, 1.82) is 0 Å². The second kappa shape index (κ2) is 10.0. The summed E-state index contributed by atoms with van der Waals surface area (Å²) in [5.41, 5.74) is 0. The number of aliphatic imine (C=N–C) groups is 1. The van der Waals surface area contributed by atoms with Gasteiger partial charge in [0.15, 0.2) is 5.96 Å². The minimum absolute atomic E-state index is 0.545. The van der Waals surface area contributed by atoms with E-state index in [1.807, 2.05) is 0 Å². The van der Waals surface area contributed by atoms with Gasteiger partial charge in [0.2, 0.25) is 0 Å². The van der Waals surface area contributed by atoms with Gasteiger partial charge in [0, 0.05) is 19.1 Å². The highest BCUT2D eigenvalue weighted by atomic mass is 15.2. The molecule has 1 saturated heterocycles. The second-order valence-electron chi connectivity index (χ2n) is 6.07. The van der Waals surface area contributed by atoms with Crippen LogP contribution in [0.2, 0.25) is 0 Å². The Morgan fingerprint density at radius 3 is 2.55 bits per heavy atom. The molecule has 1 fully saturated rings. The van der Waals surface area contributed by atoms with Crippen LogP contribution in [0.3, 0.4) is 0 Å². The molecular formula is C16H34N4. The second-order valence-corrected chi connectivity index (χ2v) is 6.07. The molecule has 0 amide bonds. The van der Waals surface area contributed by atoms with Crippen LogP contribution in [0.15, 0.2) is 4.99 Å². The first-order valence-corrected chi connectivity index (χ1v) is 8.43. The Hall–Kier alpha value is -0.770. The fraction of sp³-hybridized carbons (Fsp3) is 0.938. The fourth-order valence-electron chi connectivity index (χ4n) is 2.53. The molecule has 0 spiro atoms. The molecule has 0 saturated carbocycles. The maximum atomic E-state index is 4.73. The van der Waals surface area contributed by atoms with Gasteiger partial charge in [-0.3, -0.25) is 9.89 Å². The molecule has 0 bridgehead atoms. The van der Waals surface area contributed by atoms with Crippen LogP contribution in [-0.2, 0) is 0 Å². The maximum Gasteiger partial charge on any atom is 0.191 e. The average Bonchev–Trinajstić information content (AvgIpc) is 2.45. The molecule has 0 aromatic rings. The lowest BCUT2D eigenvalue weighted by Crippen LogP contribution is -2.42. The van der Waals surface area contributed by atoms with E-state index in [-0.39, 0.29) is 0 Å². The predicted molar refractivity (Wildman–Crippen MR) is 88.3 cm³/mol. The van der Waals surface area contributed by atoms with Gasteiger partial charge in [-0.05, 0) is 52.1 Å². The highest BCUT2D eigenvalue weighted by Crippen LogP contribution is 2.17. The summed E-state index contributed by atoms with van der Waals surface area (Å²) in [6, 6.07) is 0.545. The van der Waals surface area contributed by atoms with Crippen molar-refractivity contribution in [3.05, 3.63) is 0 Å². The zero-order valence-corrected chi connectivity index (χ0v) is 13.9. The van der Waals surface area contributed by atoms with Gasteiger partial charge >= 0.3 is 0 Å². The summed E-state index contributed by atoms with van der Waals surface area (Å²) in [5, 5.41) is 6.73. The Labute approximate surface area is 125 Å². The van der Waals surface area contributed by atoms with Crippen molar-refractivity contribution in [1.82, 2.24) is 15.5 Å². The highest BCUT2D eigenvalue weighted by Gasteiger charge is 2.19. The molecule has 1 unspecified atom stereocenters. The van der Waals surface area contributed by atoms with Crippen molar-refractivity contribution < 1.29 is 0 Å². The molecule has 1 atom stereocenters. The normalized spacial score (nSPS) is 19.9. The number of rotatable bonds is 7. The lowest BCUT2D eigenvalue weighted by atomic mass is 9.98. The predicted octanol–water partition coefficient (Wildman–Crippen LogP) is 2.46. The Morgan fingerprint density at radius 1 is 1.25 bits per heavy atom. The number of hydrogen-bond donors (Lipinski definition) is 2. The molecule has 20 heavy (non-hydrogen) atoms. The van der Waals surface area contributed by atoms with Crippen LogP contribution < -0.4 is 10.6 Å². The first-order chi connectivity index (χ1) is 9.67. The number of piperidine rings is 1. The van der Waals surface area contributed by atoms with Gasteiger partial charge < -0.3 is 10.6 Å². The van der Waals surface area contributed by atoms with Gasteiger partial charge in [0.05, 0.1) is 6.54 Å². The summed E-state index contributed by atoms with van der Waals surface area (Å²) in [6.07, 6.45) is 5.09. The number of nitrogens with zero attached hydrogens (tertiary/aromatic N) is 2. The Bertz CT molecular complexity index is 270. The monoisotopic (exact) mass is 282 g/mol. The number of nitrogens with one attached hydrogen (secondary N) is 2. The fourth-order valence-corrected chi connectivity index (χ4v) is 2.53. The van der Waals surface area contributed by atoms with E-state index in [0.717, 1.165) is 31.5 Å². The third kappa shape index (κ3) is 6.60. The van der Waals surface area contributed by atoms with E-state index in [0.29, 0.717) is 6.04 Å². The zero-order chi connectivity index (χ0) is 14.8. The van der Waals surface area contributed by atoms with Crippen LogP contribution in [0.25, 0.3) is 0 Å². The molecule has 4 heteroatoms. The summed E-state index contributed by atoms with van der Waals surface area (Å²) < 4.78 is 0. The molecule has 0 radical (unpaired) electrons. The first-order valence-electron chi connectivity index (χ1n) is 8.43. The van der Waals surface area contributed by atoms with Crippen LogP contribution in [0.1, 0.15) is 53.4 Å². The lowest BCUT2D eigenvalue weighted by Gasteiger charge is -2.34. The van der Waals surface area contributed by atoms with E-state index < -0.39 is 0 Å². The van der Waals surface area contributed by atoms with Crippen LogP contribution in [-0.4, -0.2) is 49.6 Å². The van der Waals surface area contributed by atoms with Gasteiger partial charge in [-0.1, -0.05) is 20.3 Å². The SMILES string of the molecule is CCCCNC(=NCC(C)N1CCC(C)CC1)NCC. The molecule has 4 nitrogen and oxygen atoms in total. The van der Waals surface area contributed by atoms with Gasteiger partial charge in [0.1, 0.15) is 0 Å². The summed E-state index contributed by atoms with van der Waals surface area (Å²) in [7, 11) is 0. The standard InChI is InChI=1S/C16H34N4/c1-5-7-10-18-16(17-6-2)19-13-15(4)20-11-8-14(3)9-12-20/h14-15H,5-13H2,1-4H3,(H2,17,18,19). The summed E-state index contributed by atoms with van der Waals surface area (Å²) >= 11 is 0. The average molecular weight is 282 g/mol. The third-order valence-electron chi connectivity index (χ3n) is 4.12. The van der Waals surface area contributed by atoms with Gasteiger partial charge in [-0.15, -0.1) is 0 Å². The van der Waals surface area contributed by atoms with E-state index in [9.17, 15) is 0 Å². The smallest absolute Gasteiger partial charge is 0.191 e. The van der Waals surface area contributed by atoms with Crippen molar-refractivity contribution >= 4 is 5.96 Å². The Balaban J connectivity index is 2.36. The number of likely N-dealkylation sites (tertiary alicyclic amines) is 1. The topological polar surface area (TPSA) is 39.7 Å². The van der Waals surface area contributed by atoms with Crippen molar-refractivity contribution in [2.75, 3.05) is 32.7 Å². The first kappa shape index (κ1) is 17.3. The summed E-state index contributed by atoms with van der Waals surface area (Å²) in [4.78, 5) is 7.31. The molecule has 0 aromatic heterocycles. The van der Waals surface area contributed by atoms with Crippen molar-refractivity contribution in [2.45, 2.75) is 59.4 Å². The van der Waals surface area contributed by atoms with Gasteiger partial charge in [0.25, 0.3) is 0 Å². The van der Waals surface area contributed by atoms with E-state index in [1.165, 1.54) is 38.8 Å². The molecule has 118 valence electrons. The molecule has 2 N–H and O–H groups in total. The van der Waals surface area contributed by atoms with Gasteiger partial charge in [-0.25, -0.2) is 0 Å². The Morgan fingerprint density at radius 2 is 1.95 bits per heavy atom. The minimum Gasteiger partial charge on any atom is -0.357 e. The van der Waals surface area contributed by atoms with Crippen molar-refractivity contribution in [3.63, 3.8) is 0 Å². The lowest BCUT2D eigenvalue weighted by molar-refractivity contribution is 0.150. The molecule has 0 aromatic carbocycles. The summed E-state index contributed by atoms with van der Waals surface area (Å²) in [5.74, 6) is 1.87. The van der Waals surface area contributed by atoms with E-state index in [1.54, 1.807) is 0 Å². The van der Waals surface area contributed by atoms with Crippen molar-refractivity contribution in [3.8, 4) is 0 Å². The van der Waals surface area contributed by atoms with Gasteiger partial charge in [-0.2, -0.15) is 0 Å². The quantitative estimate of drug-likeness (QED) is 0.428. The number of unbranched alkanes of at least 4 members (excludes halogenated alkanes) is 1. The van der Waals surface area contributed by atoms with Crippen LogP contribution in [0, 0.1) is 5.92 Å². The maximum absolute atomic E-state index is 4.73. The Kier molecular flexibility index (Phi) is 8.67. The van der Waals surface area contributed by atoms with Crippen LogP contribution >= 0.6 is 0 Å². The molecule has 1 heterocycles. The largest absolute Gasteiger partial charge is 0.357 e. The number of guanidine groups is 1. The van der Waals surface area contributed by atoms with Crippen molar-refractivity contribution in [2.24, 2.45) is 10.9 Å². The molecule has 1 rings (SSSR count). The molecular weight excluding hydrogens is 248 g/mol. The molecule has 0 aliphatic carbocycles. The summed E-state index contributed by atoms with van der Waals surface area (Å²) in [6.45, 7) is 14.3. The minimum atomic E-state index is 0.545. The third-order valence-corrected chi connectivity index (χ3v) is 4.12. The van der Waals surface area contributed by atoms with Crippen LogP contribution in [0.5, 0.6) is 0 Å². The molecule has 1 aliphatic rings. The van der Waals surface area contributed by atoms with E-state index >= 15 is 0 Å². The zero-order valence-electron chi connectivity index (χ0n) is 13.9. The highest BCUT2D eigenvalue weighted by molar-refractivity contribution is 5.79. The van der Waals surface area contributed by atoms with E-state index in [2.05, 4.69) is 43.2 Å². The molecule has 1 aliphatic heterocycles. The van der Waals surface area contributed by atoms with E-state index in [4.69, 9.17) is 4.99 Å². The van der Waals surface area contributed by atoms with Crippen LogP contribution in [0.4, 0.5) is 0 Å². The number of hydrogen-bond acceptors (Lipinski definition) is 2.